The molecule has 2 aliphatic heterocycles. The first-order valence-corrected chi connectivity index (χ1v) is 16.2. The van der Waals surface area contributed by atoms with Crippen molar-refractivity contribution in [3.8, 4) is 0 Å². The van der Waals surface area contributed by atoms with Crippen molar-refractivity contribution in [2.24, 2.45) is 11.3 Å². The monoisotopic (exact) mass is 670 g/mol. The van der Waals surface area contributed by atoms with Crippen LogP contribution in [0.2, 0.25) is 0 Å². The fourth-order valence-corrected chi connectivity index (χ4v) is 5.22. The van der Waals surface area contributed by atoms with Crippen LogP contribution in [0.4, 0.5) is 0 Å². The summed E-state index contributed by atoms with van der Waals surface area (Å²) in [5.41, 5.74) is -1.28. The fraction of sp³-hybridized carbons (Fsp3) is 0.562. The average Bonchev–Trinajstić information content (AvgIpc) is 3.04. The number of hydrogen-bond acceptors (Lipinski definition) is 8. The van der Waals surface area contributed by atoms with Gasteiger partial charge in [-0.05, 0) is 17.9 Å². The molecule has 1 spiro atoms. The quantitative estimate of drug-likeness (QED) is 0.159. The Kier molecular flexibility index (Phi) is 14.3. The lowest BCUT2D eigenvalue weighted by Crippen LogP contribution is -2.62. The van der Waals surface area contributed by atoms with Gasteiger partial charge in [0.2, 0.25) is 47.3 Å². The third-order valence-electron chi connectivity index (χ3n) is 7.91. The summed E-state index contributed by atoms with van der Waals surface area (Å²) < 4.78 is 0. The van der Waals surface area contributed by atoms with Gasteiger partial charge in [0.25, 0.3) is 0 Å². The maximum Gasteiger partial charge on any atom is 0.242 e. The third kappa shape index (κ3) is 11.7. The zero-order valence-electron chi connectivity index (χ0n) is 27.4. The Morgan fingerprint density at radius 3 is 1.52 bits per heavy atom. The smallest absolute Gasteiger partial charge is 0.242 e. The third-order valence-corrected chi connectivity index (χ3v) is 7.91. The number of amides is 8. The molecule has 48 heavy (non-hydrogen) atoms. The van der Waals surface area contributed by atoms with Gasteiger partial charge in [-0.2, -0.15) is 0 Å². The van der Waals surface area contributed by atoms with Crippen molar-refractivity contribution < 1.29 is 38.4 Å². The lowest BCUT2D eigenvalue weighted by molar-refractivity contribution is -0.143. The van der Waals surface area contributed by atoms with Crippen molar-refractivity contribution in [3.63, 3.8) is 0 Å². The zero-order valence-corrected chi connectivity index (χ0v) is 27.4. The highest BCUT2D eigenvalue weighted by Gasteiger charge is 2.46. The Morgan fingerprint density at radius 2 is 1.02 bits per heavy atom. The summed E-state index contributed by atoms with van der Waals surface area (Å²) in [6.07, 6.45) is -0.300. The molecule has 1 aromatic rings. The summed E-state index contributed by atoms with van der Waals surface area (Å²) in [5, 5.41) is 20.9. The van der Waals surface area contributed by atoms with Crippen LogP contribution in [0.15, 0.2) is 30.3 Å². The molecule has 0 bridgehead atoms. The molecule has 2 heterocycles. The number of benzene rings is 1. The Bertz CT molecular complexity index is 1350. The van der Waals surface area contributed by atoms with Gasteiger partial charge in [0.15, 0.2) is 5.41 Å². The molecule has 2 aliphatic rings. The van der Waals surface area contributed by atoms with Gasteiger partial charge < -0.3 is 42.5 Å². The molecule has 1 aromatic carbocycles. The van der Waals surface area contributed by atoms with Crippen LogP contribution in [0.25, 0.3) is 0 Å². The van der Waals surface area contributed by atoms with E-state index < -0.39 is 77.8 Å². The molecular weight excluding hydrogens is 624 g/mol. The van der Waals surface area contributed by atoms with E-state index in [1.807, 2.05) is 32.0 Å². The van der Waals surface area contributed by atoms with Gasteiger partial charge in [0.05, 0.1) is 0 Å². The van der Waals surface area contributed by atoms with Crippen molar-refractivity contribution in [2.45, 2.75) is 64.5 Å². The van der Waals surface area contributed by atoms with Crippen molar-refractivity contribution >= 4 is 47.3 Å². The van der Waals surface area contributed by atoms with Crippen molar-refractivity contribution in [1.82, 2.24) is 42.5 Å². The van der Waals surface area contributed by atoms with Gasteiger partial charge in [-0.25, -0.2) is 0 Å². The van der Waals surface area contributed by atoms with Gasteiger partial charge in [0, 0.05) is 71.4 Å². The zero-order chi connectivity index (χ0) is 35.1. The molecule has 3 atom stereocenters. The number of carbonyl (C=O) groups excluding carboxylic acids is 8. The first kappa shape index (κ1) is 37.4. The standard InChI is InChI=1S/C32H46N8O8/c1-20(2)16-22-28(45)33-12-8-24(41)37-18-32(30(47)35-14-10-26(43)39-22)19-38-25(42)9-13-34-29(46)23(17-21-6-4-3-5-7-21)40-27(44)11-15-36-31(32)48/h3-7,20,22-23H,8-19H2,1-2H3,(H,33,45)(H,34,46)(H,35,47)(H,36,48)(H,37,41)(H,38,42)(H,39,43)(H,40,44)/t22?,23-,32?/m0/s1. The Hall–Kier alpha value is -5.02. The van der Waals surface area contributed by atoms with E-state index in [0.29, 0.717) is 6.42 Å². The average molecular weight is 671 g/mol. The molecule has 3 rings (SSSR count). The number of hydrogen-bond donors (Lipinski definition) is 8. The molecule has 16 heteroatoms. The van der Waals surface area contributed by atoms with Gasteiger partial charge in [-0.15, -0.1) is 0 Å². The molecule has 2 fully saturated rings. The van der Waals surface area contributed by atoms with E-state index in [-0.39, 0.29) is 64.2 Å². The summed E-state index contributed by atoms with van der Waals surface area (Å²) in [7, 11) is 0. The van der Waals surface area contributed by atoms with Gasteiger partial charge >= 0.3 is 0 Å². The fourth-order valence-electron chi connectivity index (χ4n) is 5.22. The van der Waals surface area contributed by atoms with Crippen LogP contribution in [0.5, 0.6) is 0 Å². The molecule has 8 amide bonds. The molecule has 262 valence electrons. The molecule has 2 saturated heterocycles. The molecule has 2 unspecified atom stereocenters. The van der Waals surface area contributed by atoms with E-state index in [1.54, 1.807) is 12.1 Å². The second-order valence-corrected chi connectivity index (χ2v) is 12.3. The molecular formula is C32H46N8O8. The summed E-state index contributed by atoms with van der Waals surface area (Å²) in [5.74, 6) is -4.82. The van der Waals surface area contributed by atoms with Gasteiger partial charge in [0.1, 0.15) is 12.1 Å². The number of rotatable bonds is 4. The van der Waals surface area contributed by atoms with Crippen LogP contribution in [-0.4, -0.2) is 98.6 Å². The predicted octanol–water partition coefficient (Wildman–Crippen LogP) is -2.48. The van der Waals surface area contributed by atoms with E-state index in [2.05, 4.69) is 42.5 Å². The highest BCUT2D eigenvalue weighted by molar-refractivity contribution is 6.06. The molecule has 0 saturated carbocycles. The number of carbonyl (C=O) groups is 8. The van der Waals surface area contributed by atoms with E-state index in [4.69, 9.17) is 0 Å². The summed E-state index contributed by atoms with van der Waals surface area (Å²) in [6, 6.07) is 7.27. The van der Waals surface area contributed by atoms with Gasteiger partial charge in [-0.1, -0.05) is 44.2 Å². The molecule has 8 N–H and O–H groups in total. The van der Waals surface area contributed by atoms with Crippen LogP contribution in [-0.2, 0) is 44.8 Å². The topological polar surface area (TPSA) is 233 Å². The summed E-state index contributed by atoms with van der Waals surface area (Å²) in [4.78, 5) is 104. The van der Waals surface area contributed by atoms with Crippen LogP contribution in [0.1, 0.15) is 51.5 Å². The van der Waals surface area contributed by atoms with E-state index in [1.165, 1.54) is 0 Å². The highest BCUT2D eigenvalue weighted by atomic mass is 16.2. The Labute approximate surface area is 279 Å². The van der Waals surface area contributed by atoms with Crippen molar-refractivity contribution in [1.29, 1.82) is 0 Å². The summed E-state index contributed by atoms with van der Waals surface area (Å²) in [6.45, 7) is 2.11. The second-order valence-electron chi connectivity index (χ2n) is 12.3. The molecule has 0 aliphatic carbocycles. The Morgan fingerprint density at radius 1 is 0.583 bits per heavy atom. The van der Waals surface area contributed by atoms with Gasteiger partial charge in [-0.3, -0.25) is 38.4 Å². The predicted molar refractivity (Wildman–Crippen MR) is 172 cm³/mol. The molecule has 0 aromatic heterocycles. The molecule has 16 nitrogen and oxygen atoms in total. The Balaban J connectivity index is 1.82. The van der Waals surface area contributed by atoms with Crippen molar-refractivity contribution in [2.75, 3.05) is 39.3 Å². The minimum atomic E-state index is -2.08. The molecule has 0 radical (unpaired) electrons. The van der Waals surface area contributed by atoms with E-state index in [0.717, 1.165) is 5.56 Å². The minimum absolute atomic E-state index is 0.0661. The van der Waals surface area contributed by atoms with Crippen molar-refractivity contribution in [3.05, 3.63) is 35.9 Å². The maximum absolute atomic E-state index is 13.8. The normalized spacial score (nSPS) is 24.9. The lowest BCUT2D eigenvalue weighted by atomic mass is 9.84. The largest absolute Gasteiger partial charge is 0.355 e. The SMILES string of the molecule is CC(C)CC1NC(=O)CCNC(=O)C2(CNC(=O)CCNC1=O)CNC(=O)CCNC(=O)[C@H](Cc1ccccc1)NC(=O)CCNC2=O. The highest BCUT2D eigenvalue weighted by Crippen LogP contribution is 2.18. The lowest BCUT2D eigenvalue weighted by Gasteiger charge is -2.31. The van der Waals surface area contributed by atoms with Crippen LogP contribution in [0, 0.1) is 11.3 Å². The van der Waals surface area contributed by atoms with E-state index in [9.17, 15) is 38.4 Å². The van der Waals surface area contributed by atoms with Crippen LogP contribution < -0.4 is 42.5 Å². The summed E-state index contributed by atoms with van der Waals surface area (Å²) >= 11 is 0. The van der Waals surface area contributed by atoms with E-state index >= 15 is 0 Å². The first-order chi connectivity index (χ1) is 22.9. The van der Waals surface area contributed by atoms with Crippen LogP contribution >= 0.6 is 0 Å². The number of nitrogens with one attached hydrogen (secondary N) is 8. The maximum atomic E-state index is 13.8. The first-order valence-electron chi connectivity index (χ1n) is 16.2. The minimum Gasteiger partial charge on any atom is -0.355 e. The second kappa shape index (κ2) is 18.4. The van der Waals surface area contributed by atoms with Crippen LogP contribution in [0.3, 0.4) is 0 Å².